The van der Waals surface area contributed by atoms with Crippen molar-refractivity contribution < 1.29 is 51.6 Å². The Morgan fingerprint density at radius 2 is 1.27 bits per heavy atom. The summed E-state index contributed by atoms with van der Waals surface area (Å²) < 4.78 is 62.4. The van der Waals surface area contributed by atoms with Gasteiger partial charge in [-0.2, -0.15) is 13.2 Å². The highest BCUT2D eigenvalue weighted by Gasteiger charge is 2.30. The molecule has 0 spiro atoms. The molecule has 13 nitrogen and oxygen atoms in total. The number of alkyl halides is 3. The first kappa shape index (κ1) is 52.9. The van der Waals surface area contributed by atoms with E-state index < -0.39 is 17.6 Å². The molecular weight excluding hydrogens is 904 g/mol. The quantitative estimate of drug-likeness (QED) is 0.0461. The second-order valence-corrected chi connectivity index (χ2v) is 16.7. The van der Waals surface area contributed by atoms with Gasteiger partial charge in [0.1, 0.15) is 5.75 Å². The summed E-state index contributed by atoms with van der Waals surface area (Å²) in [7, 11) is 0. The molecule has 0 bridgehead atoms. The van der Waals surface area contributed by atoms with E-state index >= 15 is 0 Å². The van der Waals surface area contributed by atoms with E-state index in [-0.39, 0.29) is 24.1 Å². The van der Waals surface area contributed by atoms with Crippen LogP contribution in [0.15, 0.2) is 115 Å². The second kappa shape index (κ2) is 27.1. The summed E-state index contributed by atoms with van der Waals surface area (Å²) in [5, 5.41) is 15.3. The third kappa shape index (κ3) is 16.3. The van der Waals surface area contributed by atoms with Gasteiger partial charge < -0.3 is 49.4 Å². The zero-order chi connectivity index (χ0) is 49.7. The summed E-state index contributed by atoms with van der Waals surface area (Å²) in [6, 6.07) is 32.1. The average Bonchev–Trinajstić information content (AvgIpc) is 3.37. The smallest absolute Gasteiger partial charge is 0.416 e. The molecule has 1 aliphatic rings. The molecule has 0 saturated carbocycles. The van der Waals surface area contributed by atoms with Gasteiger partial charge in [-0.05, 0) is 122 Å². The number of anilines is 3. The van der Waals surface area contributed by atoms with Crippen molar-refractivity contribution in [3.63, 3.8) is 0 Å². The molecule has 3 amide bonds. The minimum Gasteiger partial charge on any atom is -0.508 e. The number of nitrogens with one attached hydrogen (secondary N) is 2. The fourth-order valence-electron chi connectivity index (χ4n) is 8.03. The highest BCUT2D eigenvalue weighted by Crippen LogP contribution is 2.34. The van der Waals surface area contributed by atoms with E-state index in [0.717, 1.165) is 61.7 Å². The molecule has 70 heavy (non-hydrogen) atoms. The Balaban J connectivity index is 0.869. The van der Waals surface area contributed by atoms with E-state index in [1.54, 1.807) is 36.4 Å². The lowest BCUT2D eigenvalue weighted by atomic mass is 9.99. The maximum absolute atomic E-state index is 13.8. The Bertz CT molecular complexity index is 2440. The van der Waals surface area contributed by atoms with Crippen LogP contribution in [0.5, 0.6) is 5.75 Å². The lowest BCUT2D eigenvalue weighted by molar-refractivity contribution is -0.137. The number of ether oxygens (including phenoxy) is 4. The van der Waals surface area contributed by atoms with Crippen molar-refractivity contribution in [1.29, 1.82) is 0 Å². The SMILES string of the molecule is CCN(CC)c1ccc(NC(=O)c2cccc(CCCOCCOCCOCCOCCC(=O)N3CCN(c4ccc(O)cc4)CC3)c2)c(-c2cccc(C(=O)NCc3cccc(C(F)(F)F)c3)c2)c1. The highest BCUT2D eigenvalue weighted by atomic mass is 19.4. The van der Waals surface area contributed by atoms with E-state index in [9.17, 15) is 32.7 Å². The lowest BCUT2D eigenvalue weighted by Gasteiger charge is -2.36. The van der Waals surface area contributed by atoms with Crippen LogP contribution < -0.4 is 20.4 Å². The first-order chi connectivity index (χ1) is 33.9. The minimum absolute atomic E-state index is 0.0794. The highest BCUT2D eigenvalue weighted by molar-refractivity contribution is 6.07. The molecule has 6 rings (SSSR count). The fraction of sp³-hybridized carbons (Fsp3) is 0.389. The summed E-state index contributed by atoms with van der Waals surface area (Å²) in [6.07, 6.45) is -2.71. The van der Waals surface area contributed by atoms with E-state index in [1.807, 2.05) is 59.5 Å². The van der Waals surface area contributed by atoms with Crippen LogP contribution in [0.25, 0.3) is 11.1 Å². The van der Waals surface area contributed by atoms with Crippen LogP contribution in [0.3, 0.4) is 0 Å². The summed E-state index contributed by atoms with van der Waals surface area (Å²) >= 11 is 0. The molecule has 0 unspecified atom stereocenters. The van der Waals surface area contributed by atoms with Crippen molar-refractivity contribution >= 4 is 34.8 Å². The number of hydrogen-bond acceptors (Lipinski definition) is 10. The number of aromatic hydroxyl groups is 1. The molecule has 0 atom stereocenters. The van der Waals surface area contributed by atoms with Crippen LogP contribution in [0.1, 0.15) is 64.1 Å². The summed E-state index contributed by atoms with van der Waals surface area (Å²) in [4.78, 5) is 45.9. The summed E-state index contributed by atoms with van der Waals surface area (Å²) in [5.74, 6) is -0.422. The second-order valence-electron chi connectivity index (χ2n) is 16.7. The lowest BCUT2D eigenvalue weighted by Crippen LogP contribution is -2.49. The summed E-state index contributed by atoms with van der Waals surface area (Å²) in [5.41, 5.74) is 5.27. The number of piperazine rings is 1. The van der Waals surface area contributed by atoms with Gasteiger partial charge in [-0.15, -0.1) is 0 Å². The van der Waals surface area contributed by atoms with E-state index in [1.165, 1.54) is 12.1 Å². The molecular formula is C54H64F3N5O8. The Kier molecular flexibility index (Phi) is 20.5. The van der Waals surface area contributed by atoms with Crippen LogP contribution in [0, 0.1) is 0 Å². The van der Waals surface area contributed by atoms with Gasteiger partial charge in [0.15, 0.2) is 0 Å². The Morgan fingerprint density at radius 1 is 0.657 bits per heavy atom. The monoisotopic (exact) mass is 967 g/mol. The van der Waals surface area contributed by atoms with Crippen LogP contribution >= 0.6 is 0 Å². The number of phenols is 1. The van der Waals surface area contributed by atoms with Gasteiger partial charge in [0.25, 0.3) is 11.8 Å². The molecule has 5 aromatic rings. The molecule has 374 valence electrons. The first-order valence-corrected chi connectivity index (χ1v) is 23.9. The van der Waals surface area contributed by atoms with Crippen LogP contribution in [0.4, 0.5) is 30.2 Å². The standard InChI is InChI=1S/C54H64F3N5O8/c1-3-60(4-2)47-18-21-50(49(38-47)42-12-7-14-44(37-42)52(65)58-39-41-10-6-15-45(36-41)54(55,56)57)59-53(66)43-13-5-9-40(35-43)11-8-27-67-29-31-69-33-34-70-32-30-68-28-22-51(64)62-25-23-61(24-26-62)46-16-19-48(63)20-17-46/h5-7,9-10,12-21,35-38,63H,3-4,8,11,22-34,39H2,1-2H3,(H,58,65)(H,59,66). The number of phenolic OH excluding ortho intramolecular Hbond substituents is 1. The van der Waals surface area contributed by atoms with Crippen molar-refractivity contribution in [1.82, 2.24) is 10.2 Å². The molecule has 1 aliphatic heterocycles. The van der Waals surface area contributed by atoms with E-state index in [2.05, 4.69) is 34.3 Å². The maximum Gasteiger partial charge on any atom is 0.416 e. The van der Waals surface area contributed by atoms with Crippen molar-refractivity contribution in [2.24, 2.45) is 0 Å². The molecule has 3 N–H and O–H groups in total. The molecule has 1 fully saturated rings. The van der Waals surface area contributed by atoms with Crippen molar-refractivity contribution in [3.05, 3.63) is 143 Å². The molecule has 16 heteroatoms. The van der Waals surface area contributed by atoms with Gasteiger partial charge in [-0.25, -0.2) is 0 Å². The van der Waals surface area contributed by atoms with Crippen molar-refractivity contribution in [2.45, 2.75) is 45.8 Å². The molecule has 0 aromatic heterocycles. The number of hydrogen-bond donors (Lipinski definition) is 3. The number of aryl methyl sites for hydroxylation is 1. The van der Waals surface area contributed by atoms with Crippen LogP contribution in [0.2, 0.25) is 0 Å². The third-order valence-electron chi connectivity index (χ3n) is 11.9. The molecule has 1 heterocycles. The fourth-order valence-corrected chi connectivity index (χ4v) is 8.03. The van der Waals surface area contributed by atoms with E-state index in [4.69, 9.17) is 18.9 Å². The first-order valence-electron chi connectivity index (χ1n) is 23.9. The topological polar surface area (TPSA) is 142 Å². The Labute approximate surface area is 408 Å². The normalized spacial score (nSPS) is 12.8. The van der Waals surface area contributed by atoms with Crippen molar-refractivity contribution in [3.8, 4) is 16.9 Å². The molecule has 1 saturated heterocycles. The predicted molar refractivity (Wildman–Crippen MR) is 266 cm³/mol. The molecule has 0 aliphatic carbocycles. The van der Waals surface area contributed by atoms with Gasteiger partial charge in [0.2, 0.25) is 5.91 Å². The zero-order valence-electron chi connectivity index (χ0n) is 40.0. The van der Waals surface area contributed by atoms with Gasteiger partial charge in [0.05, 0.1) is 58.2 Å². The predicted octanol–water partition coefficient (Wildman–Crippen LogP) is 8.84. The zero-order valence-corrected chi connectivity index (χ0v) is 40.0. The number of nitrogens with zero attached hydrogens (tertiary/aromatic N) is 3. The molecule has 5 aromatic carbocycles. The van der Waals surface area contributed by atoms with Crippen LogP contribution in [-0.2, 0) is 42.9 Å². The number of carbonyl (C=O) groups excluding carboxylic acids is 3. The van der Waals surface area contributed by atoms with Gasteiger partial charge >= 0.3 is 6.18 Å². The number of benzene rings is 5. The molecule has 0 radical (unpaired) electrons. The summed E-state index contributed by atoms with van der Waals surface area (Å²) in [6.45, 7) is 11.7. The third-order valence-corrected chi connectivity index (χ3v) is 11.9. The number of halogens is 3. The average molecular weight is 968 g/mol. The number of carbonyl (C=O) groups is 3. The minimum atomic E-state index is -4.49. The largest absolute Gasteiger partial charge is 0.508 e. The van der Waals surface area contributed by atoms with E-state index in [0.29, 0.717) is 112 Å². The van der Waals surface area contributed by atoms with Crippen molar-refractivity contribution in [2.75, 3.05) is 107 Å². The Morgan fingerprint density at radius 3 is 1.94 bits per heavy atom. The Hall–Kier alpha value is -6.46. The maximum atomic E-state index is 13.8. The number of amides is 3. The van der Waals surface area contributed by atoms with Gasteiger partial charge in [-0.1, -0.05) is 36.4 Å². The number of rotatable bonds is 26. The van der Waals surface area contributed by atoms with Gasteiger partial charge in [0, 0.05) is 86.2 Å². The van der Waals surface area contributed by atoms with Gasteiger partial charge in [-0.3, -0.25) is 14.4 Å². The van der Waals surface area contributed by atoms with Crippen LogP contribution in [-0.4, -0.2) is 120 Å².